The van der Waals surface area contributed by atoms with E-state index in [-0.39, 0.29) is 17.3 Å². The first-order valence-corrected chi connectivity index (χ1v) is 13.5. The van der Waals surface area contributed by atoms with Crippen molar-refractivity contribution in [3.8, 4) is 5.75 Å². The zero-order valence-corrected chi connectivity index (χ0v) is 22.2. The Balaban J connectivity index is 0.00000336. The van der Waals surface area contributed by atoms with Crippen LogP contribution in [0.25, 0.3) is 0 Å². The van der Waals surface area contributed by atoms with Crippen LogP contribution in [0.2, 0.25) is 0 Å². The SMILES string of the molecule is Cl.O=S(=O)(Nc1ccc(Nc2ccnc(N3CCNCC3)n2)cc1)c1ccc(OCc2ccccc2)cc1. The highest BCUT2D eigenvalue weighted by Crippen LogP contribution is 2.23. The largest absolute Gasteiger partial charge is 0.489 e. The van der Waals surface area contributed by atoms with Crippen molar-refractivity contribution in [1.29, 1.82) is 0 Å². The lowest BCUT2D eigenvalue weighted by Crippen LogP contribution is -2.44. The highest BCUT2D eigenvalue weighted by molar-refractivity contribution is 7.92. The highest BCUT2D eigenvalue weighted by Gasteiger charge is 2.15. The van der Waals surface area contributed by atoms with Crippen molar-refractivity contribution in [3.63, 3.8) is 0 Å². The van der Waals surface area contributed by atoms with Crippen LogP contribution in [0.3, 0.4) is 0 Å². The topological polar surface area (TPSA) is 108 Å². The highest BCUT2D eigenvalue weighted by atomic mass is 35.5. The van der Waals surface area contributed by atoms with Gasteiger partial charge in [-0.3, -0.25) is 4.72 Å². The van der Waals surface area contributed by atoms with Crippen LogP contribution in [0.15, 0.2) is 96.0 Å². The predicted octanol–water partition coefficient (Wildman–Crippen LogP) is 4.43. The lowest BCUT2D eigenvalue weighted by atomic mass is 10.2. The Kier molecular flexibility index (Phi) is 9.01. The summed E-state index contributed by atoms with van der Waals surface area (Å²) in [7, 11) is -3.74. The van der Waals surface area contributed by atoms with Crippen LogP contribution in [-0.4, -0.2) is 44.6 Å². The molecule has 1 fully saturated rings. The number of hydrogen-bond acceptors (Lipinski definition) is 8. The van der Waals surface area contributed by atoms with E-state index in [1.807, 2.05) is 30.3 Å². The number of nitrogens with one attached hydrogen (secondary N) is 3. The number of nitrogens with zero attached hydrogens (tertiary/aromatic N) is 3. The molecule has 1 saturated heterocycles. The Bertz CT molecular complexity index is 1420. The molecule has 3 N–H and O–H groups in total. The number of sulfonamides is 1. The molecule has 3 aromatic carbocycles. The van der Waals surface area contributed by atoms with Gasteiger partial charge in [-0.1, -0.05) is 30.3 Å². The third-order valence-corrected chi connectivity index (χ3v) is 7.23. The van der Waals surface area contributed by atoms with Crippen LogP contribution in [0, 0.1) is 0 Å². The minimum absolute atomic E-state index is 0. The number of anilines is 4. The minimum atomic E-state index is -3.74. The van der Waals surface area contributed by atoms with E-state index in [4.69, 9.17) is 4.74 Å². The molecule has 0 atom stereocenters. The van der Waals surface area contributed by atoms with Gasteiger partial charge < -0.3 is 20.3 Å². The van der Waals surface area contributed by atoms with Gasteiger partial charge in [0.1, 0.15) is 18.2 Å². The zero-order valence-electron chi connectivity index (χ0n) is 20.6. The van der Waals surface area contributed by atoms with Gasteiger partial charge in [0.05, 0.1) is 4.90 Å². The Hall–Kier alpha value is -3.86. The van der Waals surface area contributed by atoms with Crippen LogP contribution in [0.4, 0.5) is 23.1 Å². The molecule has 0 radical (unpaired) electrons. The van der Waals surface area contributed by atoms with E-state index >= 15 is 0 Å². The molecule has 1 aromatic heterocycles. The molecule has 0 unspecified atom stereocenters. The van der Waals surface area contributed by atoms with E-state index < -0.39 is 10.0 Å². The summed E-state index contributed by atoms with van der Waals surface area (Å²) in [6, 6.07) is 25.0. The maximum absolute atomic E-state index is 12.9. The Morgan fingerprint density at radius 1 is 0.868 bits per heavy atom. The monoisotopic (exact) mass is 552 g/mol. The summed E-state index contributed by atoms with van der Waals surface area (Å²) < 4.78 is 34.1. The summed E-state index contributed by atoms with van der Waals surface area (Å²) in [5.74, 6) is 1.96. The molecule has 38 heavy (non-hydrogen) atoms. The second kappa shape index (κ2) is 12.6. The molecule has 1 aliphatic heterocycles. The van der Waals surface area contributed by atoms with Crippen molar-refractivity contribution in [3.05, 3.63) is 96.7 Å². The van der Waals surface area contributed by atoms with Gasteiger partial charge in [-0.15, -0.1) is 12.4 Å². The van der Waals surface area contributed by atoms with Crippen molar-refractivity contribution >= 4 is 45.6 Å². The van der Waals surface area contributed by atoms with Crippen LogP contribution in [0.1, 0.15) is 5.56 Å². The van der Waals surface area contributed by atoms with Gasteiger partial charge in [0.25, 0.3) is 10.0 Å². The van der Waals surface area contributed by atoms with Gasteiger partial charge in [0.15, 0.2) is 0 Å². The van der Waals surface area contributed by atoms with Crippen molar-refractivity contribution in [2.24, 2.45) is 0 Å². The Morgan fingerprint density at radius 2 is 1.55 bits per heavy atom. The van der Waals surface area contributed by atoms with E-state index in [0.29, 0.717) is 29.8 Å². The number of ether oxygens (including phenoxy) is 1. The van der Waals surface area contributed by atoms with Crippen LogP contribution >= 0.6 is 12.4 Å². The smallest absolute Gasteiger partial charge is 0.261 e. The second-order valence-corrected chi connectivity index (χ2v) is 10.2. The fourth-order valence-electron chi connectivity index (χ4n) is 3.87. The van der Waals surface area contributed by atoms with Crippen molar-refractivity contribution < 1.29 is 13.2 Å². The molecule has 0 amide bonds. The summed E-state index contributed by atoms with van der Waals surface area (Å²) >= 11 is 0. The number of halogens is 1. The van der Waals surface area contributed by atoms with E-state index in [1.165, 1.54) is 12.1 Å². The van der Waals surface area contributed by atoms with Gasteiger partial charge in [0, 0.05) is 43.8 Å². The van der Waals surface area contributed by atoms with E-state index in [9.17, 15) is 8.42 Å². The van der Waals surface area contributed by atoms with Crippen molar-refractivity contribution in [2.45, 2.75) is 11.5 Å². The molecule has 2 heterocycles. The number of rotatable bonds is 9. The average Bonchev–Trinajstić information content (AvgIpc) is 2.94. The van der Waals surface area contributed by atoms with E-state index in [0.717, 1.165) is 37.4 Å². The average molecular weight is 553 g/mol. The molecule has 0 saturated carbocycles. The number of hydrogen-bond donors (Lipinski definition) is 3. The molecule has 0 aliphatic carbocycles. The summed E-state index contributed by atoms with van der Waals surface area (Å²) in [5.41, 5.74) is 2.28. The molecule has 9 nitrogen and oxygen atoms in total. The Labute approximate surface area is 228 Å². The summed E-state index contributed by atoms with van der Waals surface area (Å²) in [6.45, 7) is 3.95. The molecule has 198 valence electrons. The first kappa shape index (κ1) is 27.2. The number of piperazine rings is 1. The second-order valence-electron chi connectivity index (χ2n) is 8.53. The van der Waals surface area contributed by atoms with Gasteiger partial charge in [-0.2, -0.15) is 4.98 Å². The number of benzene rings is 3. The fraction of sp³-hybridized carbons (Fsp3) is 0.185. The third-order valence-electron chi connectivity index (χ3n) is 5.83. The first-order chi connectivity index (χ1) is 18.0. The van der Waals surface area contributed by atoms with Gasteiger partial charge in [-0.05, 0) is 60.2 Å². The predicted molar refractivity (Wildman–Crippen MR) is 152 cm³/mol. The maximum Gasteiger partial charge on any atom is 0.261 e. The van der Waals surface area contributed by atoms with Crippen LogP contribution < -0.4 is 25.0 Å². The minimum Gasteiger partial charge on any atom is -0.489 e. The summed E-state index contributed by atoms with van der Waals surface area (Å²) in [4.78, 5) is 11.3. The van der Waals surface area contributed by atoms with E-state index in [1.54, 1.807) is 48.7 Å². The molecule has 1 aliphatic rings. The lowest BCUT2D eigenvalue weighted by molar-refractivity contribution is 0.306. The summed E-state index contributed by atoms with van der Waals surface area (Å²) in [5, 5.41) is 6.57. The quantitative estimate of drug-likeness (QED) is 0.280. The molecule has 5 rings (SSSR count). The molecule has 0 bridgehead atoms. The normalized spacial score (nSPS) is 13.3. The van der Waals surface area contributed by atoms with Crippen molar-refractivity contribution in [1.82, 2.24) is 15.3 Å². The standard InChI is InChI=1S/C27H28N6O3S.ClH/c34-37(35,25-12-10-24(11-13-25)36-20-21-4-2-1-3-5-21)32-23-8-6-22(7-9-23)30-26-14-15-29-27(31-26)33-18-16-28-17-19-33;/h1-15,28,32H,16-20H2,(H,29,30,31);1H. The van der Waals surface area contributed by atoms with Gasteiger partial charge in [-0.25, -0.2) is 13.4 Å². The molecular weight excluding hydrogens is 524 g/mol. The van der Waals surface area contributed by atoms with E-state index in [2.05, 4.69) is 30.2 Å². The zero-order chi connectivity index (χ0) is 25.5. The Morgan fingerprint density at radius 3 is 2.26 bits per heavy atom. The third kappa shape index (κ3) is 7.12. The molecule has 0 spiro atoms. The van der Waals surface area contributed by atoms with Crippen LogP contribution in [-0.2, 0) is 16.6 Å². The van der Waals surface area contributed by atoms with Gasteiger partial charge >= 0.3 is 0 Å². The maximum atomic E-state index is 12.9. The molecule has 4 aromatic rings. The first-order valence-electron chi connectivity index (χ1n) is 12.0. The summed E-state index contributed by atoms with van der Waals surface area (Å²) in [6.07, 6.45) is 1.73. The molecule has 11 heteroatoms. The van der Waals surface area contributed by atoms with Gasteiger partial charge in [0.2, 0.25) is 5.95 Å². The van der Waals surface area contributed by atoms with Crippen molar-refractivity contribution in [2.75, 3.05) is 41.1 Å². The number of aromatic nitrogens is 2. The molecular formula is C27H29ClN6O3S. The lowest BCUT2D eigenvalue weighted by Gasteiger charge is -2.27. The fourth-order valence-corrected chi connectivity index (χ4v) is 4.93. The van der Waals surface area contributed by atoms with Crippen LogP contribution in [0.5, 0.6) is 5.75 Å².